The number of ether oxygens (including phenoxy) is 2. The Balaban J connectivity index is 1.85. The Labute approximate surface area is 150 Å². The third-order valence-electron chi connectivity index (χ3n) is 3.78. The number of hydrogen-bond acceptors (Lipinski definition) is 3. The Morgan fingerprint density at radius 2 is 1.68 bits per heavy atom. The number of amides is 1. The highest BCUT2D eigenvalue weighted by molar-refractivity contribution is 5.77. The van der Waals surface area contributed by atoms with Gasteiger partial charge in [0.2, 0.25) is 0 Å². The van der Waals surface area contributed by atoms with Crippen molar-refractivity contribution in [3.05, 3.63) is 59.7 Å². The summed E-state index contributed by atoms with van der Waals surface area (Å²) in [5, 5.41) is 2.87. The lowest BCUT2D eigenvalue weighted by Crippen LogP contribution is -2.28. The predicted octanol–water partition coefficient (Wildman–Crippen LogP) is 4.08. The van der Waals surface area contributed by atoms with E-state index in [0.29, 0.717) is 13.2 Å². The Morgan fingerprint density at radius 1 is 1.00 bits per heavy atom. The topological polar surface area (TPSA) is 47.6 Å². The largest absolute Gasteiger partial charge is 0.494 e. The Hall–Kier alpha value is -2.49. The van der Waals surface area contributed by atoms with Crippen LogP contribution in [0.15, 0.2) is 48.5 Å². The van der Waals surface area contributed by atoms with E-state index in [1.807, 2.05) is 55.5 Å². The number of benzene rings is 2. The van der Waals surface area contributed by atoms with Crippen molar-refractivity contribution in [3.8, 4) is 11.5 Å². The first kappa shape index (κ1) is 18.8. The van der Waals surface area contributed by atoms with Crippen LogP contribution in [0.5, 0.6) is 11.5 Å². The van der Waals surface area contributed by atoms with Crippen LogP contribution in [0.3, 0.4) is 0 Å². The zero-order valence-corrected chi connectivity index (χ0v) is 15.5. The summed E-state index contributed by atoms with van der Waals surface area (Å²) in [5.74, 6) is 1.45. The molecule has 0 aliphatic carbocycles. The van der Waals surface area contributed by atoms with Gasteiger partial charge in [-0.25, -0.2) is 0 Å². The second kappa shape index (κ2) is 8.56. The summed E-state index contributed by atoms with van der Waals surface area (Å²) < 4.78 is 11.1. The van der Waals surface area contributed by atoms with Gasteiger partial charge in [-0.2, -0.15) is 0 Å². The molecule has 1 amide bonds. The minimum Gasteiger partial charge on any atom is -0.494 e. The summed E-state index contributed by atoms with van der Waals surface area (Å²) >= 11 is 0. The van der Waals surface area contributed by atoms with Crippen molar-refractivity contribution in [2.24, 2.45) is 0 Å². The summed E-state index contributed by atoms with van der Waals surface area (Å²) in [6, 6.07) is 15.5. The molecule has 0 spiro atoms. The van der Waals surface area contributed by atoms with Crippen LogP contribution in [-0.2, 0) is 16.8 Å². The average Bonchev–Trinajstić information content (AvgIpc) is 2.59. The number of carbonyl (C=O) groups excluding carboxylic acids is 1. The van der Waals surface area contributed by atoms with Gasteiger partial charge < -0.3 is 14.8 Å². The van der Waals surface area contributed by atoms with E-state index in [1.165, 1.54) is 0 Å². The van der Waals surface area contributed by atoms with Gasteiger partial charge in [0.15, 0.2) is 6.61 Å². The van der Waals surface area contributed by atoms with E-state index >= 15 is 0 Å². The van der Waals surface area contributed by atoms with Gasteiger partial charge >= 0.3 is 0 Å². The van der Waals surface area contributed by atoms with Crippen molar-refractivity contribution in [3.63, 3.8) is 0 Å². The van der Waals surface area contributed by atoms with Gasteiger partial charge in [0, 0.05) is 6.54 Å². The summed E-state index contributed by atoms with van der Waals surface area (Å²) in [7, 11) is 0. The molecule has 0 fully saturated rings. The minimum absolute atomic E-state index is 0.00409. The predicted molar refractivity (Wildman–Crippen MR) is 100 cm³/mol. The third-order valence-corrected chi connectivity index (χ3v) is 3.78. The van der Waals surface area contributed by atoms with Crippen molar-refractivity contribution < 1.29 is 14.3 Å². The van der Waals surface area contributed by atoms with Crippen LogP contribution >= 0.6 is 0 Å². The van der Waals surface area contributed by atoms with E-state index < -0.39 is 0 Å². The molecular weight excluding hydrogens is 314 g/mol. The molecule has 134 valence electrons. The quantitative estimate of drug-likeness (QED) is 0.825. The summed E-state index contributed by atoms with van der Waals surface area (Å²) in [4.78, 5) is 12.1. The highest BCUT2D eigenvalue weighted by Gasteiger charge is 2.18. The number of rotatable bonds is 7. The van der Waals surface area contributed by atoms with E-state index in [4.69, 9.17) is 9.47 Å². The second-order valence-corrected chi connectivity index (χ2v) is 6.89. The van der Waals surface area contributed by atoms with E-state index in [-0.39, 0.29) is 17.9 Å². The molecule has 0 radical (unpaired) electrons. The van der Waals surface area contributed by atoms with Gasteiger partial charge in [-0.1, -0.05) is 51.1 Å². The molecule has 1 N–H and O–H groups in total. The number of carbonyl (C=O) groups is 1. The molecule has 0 atom stereocenters. The molecule has 0 aliphatic rings. The first-order valence-electron chi connectivity index (χ1n) is 8.61. The summed E-state index contributed by atoms with van der Waals surface area (Å²) in [6.07, 6.45) is 0. The van der Waals surface area contributed by atoms with Gasteiger partial charge in [0.1, 0.15) is 11.5 Å². The molecule has 0 bridgehead atoms. The van der Waals surface area contributed by atoms with Gasteiger partial charge in [0.05, 0.1) is 6.61 Å². The third kappa shape index (κ3) is 5.82. The maximum absolute atomic E-state index is 12.1. The van der Waals surface area contributed by atoms with E-state index in [2.05, 4.69) is 26.1 Å². The summed E-state index contributed by atoms with van der Waals surface area (Å²) in [6.45, 7) is 9.44. The highest BCUT2D eigenvalue weighted by Crippen LogP contribution is 2.30. The van der Waals surface area contributed by atoms with Crippen LogP contribution < -0.4 is 14.8 Å². The molecule has 2 aromatic carbocycles. The van der Waals surface area contributed by atoms with Crippen LogP contribution in [0.4, 0.5) is 0 Å². The molecule has 0 aromatic heterocycles. The van der Waals surface area contributed by atoms with Gasteiger partial charge in [-0.15, -0.1) is 0 Å². The molecule has 25 heavy (non-hydrogen) atoms. The van der Waals surface area contributed by atoms with Crippen molar-refractivity contribution in [1.29, 1.82) is 0 Å². The molecule has 0 heterocycles. The fourth-order valence-electron chi connectivity index (χ4n) is 2.48. The van der Waals surface area contributed by atoms with Crippen molar-refractivity contribution in [2.45, 2.75) is 39.7 Å². The highest BCUT2D eigenvalue weighted by atomic mass is 16.5. The van der Waals surface area contributed by atoms with E-state index in [0.717, 1.165) is 22.6 Å². The molecule has 2 rings (SSSR count). The van der Waals surface area contributed by atoms with Crippen LogP contribution in [0.2, 0.25) is 0 Å². The molecule has 0 aliphatic heterocycles. The van der Waals surface area contributed by atoms with Crippen LogP contribution in [0.1, 0.15) is 38.8 Å². The molecule has 2 aromatic rings. The second-order valence-electron chi connectivity index (χ2n) is 6.89. The smallest absolute Gasteiger partial charge is 0.258 e. The van der Waals surface area contributed by atoms with Crippen molar-refractivity contribution in [2.75, 3.05) is 13.2 Å². The number of para-hydroxylation sites is 1. The molecule has 0 unspecified atom stereocenters. The van der Waals surface area contributed by atoms with Gasteiger partial charge in [0.25, 0.3) is 5.91 Å². The lowest BCUT2D eigenvalue weighted by Gasteiger charge is -2.22. The van der Waals surface area contributed by atoms with Crippen LogP contribution in [0, 0.1) is 0 Å². The first-order chi connectivity index (χ1) is 11.9. The fourth-order valence-corrected chi connectivity index (χ4v) is 2.48. The van der Waals surface area contributed by atoms with Crippen LogP contribution in [-0.4, -0.2) is 19.1 Å². The molecule has 4 nitrogen and oxygen atoms in total. The van der Waals surface area contributed by atoms with Gasteiger partial charge in [-0.05, 0) is 41.7 Å². The van der Waals surface area contributed by atoms with Crippen molar-refractivity contribution >= 4 is 5.91 Å². The zero-order valence-electron chi connectivity index (χ0n) is 15.5. The first-order valence-corrected chi connectivity index (χ1v) is 8.61. The number of nitrogens with one attached hydrogen (secondary N) is 1. The zero-order chi connectivity index (χ0) is 18.3. The molecule has 0 saturated carbocycles. The Bertz CT molecular complexity index is 687. The molecular formula is C21H27NO3. The maximum Gasteiger partial charge on any atom is 0.258 e. The Kier molecular flexibility index (Phi) is 6.45. The monoisotopic (exact) mass is 341 g/mol. The standard InChI is InChI=1S/C21H27NO3/c1-5-24-17-12-10-16(11-13-17)14-22-20(23)15-25-19-9-7-6-8-18(19)21(2,3)4/h6-13H,5,14-15H2,1-4H3,(H,22,23). The Morgan fingerprint density at radius 3 is 2.32 bits per heavy atom. The lowest BCUT2D eigenvalue weighted by molar-refractivity contribution is -0.123. The van der Waals surface area contributed by atoms with Crippen molar-refractivity contribution in [1.82, 2.24) is 5.32 Å². The van der Waals surface area contributed by atoms with Crippen LogP contribution in [0.25, 0.3) is 0 Å². The molecule has 4 heteroatoms. The van der Waals surface area contributed by atoms with Gasteiger partial charge in [-0.3, -0.25) is 4.79 Å². The van der Waals surface area contributed by atoms with E-state index in [9.17, 15) is 4.79 Å². The fraction of sp³-hybridized carbons (Fsp3) is 0.381. The minimum atomic E-state index is -0.141. The average molecular weight is 341 g/mol. The number of hydrogen-bond donors (Lipinski definition) is 1. The SMILES string of the molecule is CCOc1ccc(CNC(=O)COc2ccccc2C(C)(C)C)cc1. The molecule has 0 saturated heterocycles. The summed E-state index contributed by atoms with van der Waals surface area (Å²) in [5.41, 5.74) is 2.08. The lowest BCUT2D eigenvalue weighted by atomic mass is 9.86. The maximum atomic E-state index is 12.1. The normalized spacial score (nSPS) is 11.0. The van der Waals surface area contributed by atoms with E-state index in [1.54, 1.807) is 0 Å².